The van der Waals surface area contributed by atoms with E-state index in [0.29, 0.717) is 70.3 Å². The van der Waals surface area contributed by atoms with Crippen molar-refractivity contribution in [2.45, 2.75) is 95.1 Å². The molecule has 1 saturated heterocycles. The van der Waals surface area contributed by atoms with E-state index in [4.69, 9.17) is 14.6 Å². The molecule has 1 aliphatic carbocycles. The van der Waals surface area contributed by atoms with Crippen molar-refractivity contribution in [3.8, 4) is 23.0 Å². The Balaban J connectivity index is 0.000000205. The molecule has 89 heavy (non-hydrogen) atoms. The van der Waals surface area contributed by atoms with Gasteiger partial charge in [0, 0.05) is 86.1 Å². The van der Waals surface area contributed by atoms with E-state index in [2.05, 4.69) is 66.5 Å². The summed E-state index contributed by atoms with van der Waals surface area (Å²) in [6.07, 6.45) is 6.01. The van der Waals surface area contributed by atoms with E-state index < -0.39 is 41.3 Å². The number of hydrogen-bond donors (Lipinski definition) is 7. The Morgan fingerprint density at radius 1 is 0.584 bits per heavy atom. The van der Waals surface area contributed by atoms with Crippen molar-refractivity contribution in [2.75, 3.05) is 75.6 Å². The van der Waals surface area contributed by atoms with Crippen molar-refractivity contribution in [3.63, 3.8) is 0 Å². The molecule has 28 heteroatoms. The number of aromatic amines is 2. The van der Waals surface area contributed by atoms with Crippen molar-refractivity contribution in [3.05, 3.63) is 132 Å². The van der Waals surface area contributed by atoms with Gasteiger partial charge in [0.15, 0.2) is 22.9 Å². The molecule has 0 radical (unpaired) electrons. The highest BCUT2D eigenvalue weighted by molar-refractivity contribution is 6.04. The number of piperidine rings is 1. The molecule has 472 valence electrons. The van der Waals surface area contributed by atoms with Gasteiger partial charge in [-0.1, -0.05) is 19.3 Å². The van der Waals surface area contributed by atoms with Gasteiger partial charge in [-0.05, 0) is 153 Å². The first-order valence-corrected chi connectivity index (χ1v) is 28.8. The largest absolute Gasteiger partial charge is 0.481 e. The number of fused-ring (bicyclic) bond motifs is 2. The van der Waals surface area contributed by atoms with Gasteiger partial charge in [0.25, 0.3) is 11.8 Å². The van der Waals surface area contributed by atoms with Crippen LogP contribution in [0.4, 0.5) is 49.6 Å². The number of likely N-dealkylation sites (tertiary alicyclic amines) is 1. The van der Waals surface area contributed by atoms with Gasteiger partial charge >= 0.3 is 18.3 Å². The standard InChI is InChI=1S/C30H33F3N8O3.C25H23F3N6O2.C6H13NO2/c1-40(2)15-4-6-25(42)41-16-3-5-21(18-41)36-28-26-23(12-14-35-27(26)38-39-28)44-22-9-7-19(8-10-22)29(43)37-24-17-20(11-13-34-24)30(31,32)33;26-25(27,28)16-10-12-29-20(14-16)32-24(35)15-6-8-18(9-7-15)36-19-11-13-30-22-21(19)23(34-33-22)31-17-4-2-1-3-5-17;1-7(2)5-3-4-6(8)9/h7-14,17,21H,3-6,15-16,18H2,1-2H3,(H,34,37,43)(H2,35,36,38,39);6-14,17H,1-5H2,(H,29,32,35)(H2,30,31,33,34);3-5H2,1-2H3,(H,8,9)/t21-;;/m1../s1. The maximum absolute atomic E-state index is 13.0. The predicted octanol–water partition coefficient (Wildman–Crippen LogP) is 11.7. The Kier molecular flexibility index (Phi) is 22.4. The summed E-state index contributed by atoms with van der Waals surface area (Å²) in [4.78, 5) is 70.1. The molecule has 1 aliphatic heterocycles. The fraction of sp³-hybridized carbons (Fsp3) is 0.377. The van der Waals surface area contributed by atoms with E-state index in [0.717, 1.165) is 100 Å². The lowest BCUT2D eigenvalue weighted by Crippen LogP contribution is -2.45. The molecule has 7 N–H and O–H groups in total. The minimum Gasteiger partial charge on any atom is -0.481 e. The molecule has 2 fully saturated rings. The monoisotopic (exact) mass is 1240 g/mol. The second-order valence-electron chi connectivity index (χ2n) is 21.7. The van der Waals surface area contributed by atoms with Crippen LogP contribution in [0, 0.1) is 0 Å². The van der Waals surface area contributed by atoms with E-state index in [9.17, 15) is 45.5 Å². The highest BCUT2D eigenvalue weighted by atomic mass is 19.4. The number of H-pyrrole nitrogens is 2. The minimum atomic E-state index is -4.55. The highest BCUT2D eigenvalue weighted by Gasteiger charge is 2.32. The smallest absolute Gasteiger partial charge is 0.416 e. The zero-order chi connectivity index (χ0) is 63.7. The number of pyridine rings is 4. The molecule has 6 aromatic heterocycles. The number of carbonyl (C=O) groups excluding carboxylic acids is 3. The van der Waals surface area contributed by atoms with Crippen LogP contribution < -0.4 is 30.7 Å². The number of hydrogen-bond acceptors (Lipinski definition) is 16. The third-order valence-corrected chi connectivity index (χ3v) is 14.2. The summed E-state index contributed by atoms with van der Waals surface area (Å²) >= 11 is 0. The molecule has 22 nitrogen and oxygen atoms in total. The number of aliphatic carboxylic acids is 1. The Morgan fingerprint density at radius 2 is 1.02 bits per heavy atom. The summed E-state index contributed by atoms with van der Waals surface area (Å²) in [5, 5.41) is 36.0. The molecule has 0 unspecified atom stereocenters. The summed E-state index contributed by atoms with van der Waals surface area (Å²) in [6.45, 7) is 3.03. The lowest BCUT2D eigenvalue weighted by atomic mass is 9.95. The number of anilines is 4. The van der Waals surface area contributed by atoms with Crippen molar-refractivity contribution in [2.24, 2.45) is 0 Å². The Bertz CT molecular complexity index is 3650. The number of halogens is 6. The van der Waals surface area contributed by atoms with Crippen LogP contribution in [0.15, 0.2) is 110 Å². The normalized spacial score (nSPS) is 14.5. The van der Waals surface area contributed by atoms with Gasteiger partial charge in [0.1, 0.15) is 45.4 Å². The number of alkyl halides is 6. The van der Waals surface area contributed by atoms with Crippen LogP contribution in [0.1, 0.15) is 102 Å². The van der Waals surface area contributed by atoms with Crippen molar-refractivity contribution >= 4 is 69.0 Å². The second kappa shape index (κ2) is 30.5. The molecule has 8 aromatic rings. The zero-order valence-corrected chi connectivity index (χ0v) is 49.3. The number of rotatable bonds is 20. The number of carbonyl (C=O) groups is 4. The van der Waals surface area contributed by atoms with Gasteiger partial charge < -0.3 is 50.5 Å². The number of nitrogens with one attached hydrogen (secondary N) is 6. The molecular weight excluding hydrogens is 1170 g/mol. The van der Waals surface area contributed by atoms with Crippen LogP contribution in [-0.2, 0) is 21.9 Å². The van der Waals surface area contributed by atoms with E-state index >= 15 is 0 Å². The van der Waals surface area contributed by atoms with E-state index in [1.807, 2.05) is 38.0 Å². The van der Waals surface area contributed by atoms with Crippen LogP contribution in [-0.4, -0.2) is 150 Å². The van der Waals surface area contributed by atoms with Crippen LogP contribution in [0.25, 0.3) is 22.1 Å². The first kappa shape index (κ1) is 65.5. The van der Waals surface area contributed by atoms with Crippen LogP contribution in [0.2, 0.25) is 0 Å². The van der Waals surface area contributed by atoms with Gasteiger partial charge in [-0.2, -0.15) is 36.5 Å². The molecule has 1 saturated carbocycles. The van der Waals surface area contributed by atoms with Crippen LogP contribution >= 0.6 is 0 Å². The average molecular weight is 1240 g/mol. The maximum atomic E-state index is 13.0. The number of aromatic nitrogens is 8. The minimum absolute atomic E-state index is 0.00483. The van der Waals surface area contributed by atoms with Gasteiger partial charge in [-0.15, -0.1) is 0 Å². The first-order valence-electron chi connectivity index (χ1n) is 28.8. The van der Waals surface area contributed by atoms with Crippen LogP contribution in [0.3, 0.4) is 0 Å². The average Bonchev–Trinajstić information content (AvgIpc) is 2.41. The summed E-state index contributed by atoms with van der Waals surface area (Å²) in [5.41, 5.74) is -0.243. The SMILES string of the molecule is CN(C)CCCC(=O)N1CCC[C@@H](Nc2n[nH]c3nccc(Oc4ccc(C(=O)Nc5cc(C(F)(F)F)ccn5)cc4)c23)C1.CN(C)CCCC(=O)O.O=C(Nc1cc(C(F)(F)F)ccn1)c1ccc(Oc2ccnc3[nH]nc(NC4CCCCC4)c23)cc1. The van der Waals surface area contributed by atoms with E-state index in [1.54, 1.807) is 48.8 Å². The van der Waals surface area contributed by atoms with Gasteiger partial charge in [0.05, 0.1) is 11.1 Å². The quantitative estimate of drug-likeness (QED) is 0.0349. The van der Waals surface area contributed by atoms with Gasteiger partial charge in [-0.3, -0.25) is 29.4 Å². The molecule has 0 spiro atoms. The lowest BCUT2D eigenvalue weighted by molar-refractivity contribution is -0.138. The Hall–Kier alpha value is -9.44. The lowest BCUT2D eigenvalue weighted by Gasteiger charge is -2.33. The molecule has 2 aliphatic rings. The molecule has 2 aromatic carbocycles. The van der Waals surface area contributed by atoms with E-state index in [1.165, 1.54) is 43.5 Å². The number of amides is 3. The zero-order valence-electron chi connectivity index (χ0n) is 49.3. The third kappa shape index (κ3) is 19.3. The fourth-order valence-corrected chi connectivity index (χ4v) is 9.76. The van der Waals surface area contributed by atoms with Crippen LogP contribution in [0.5, 0.6) is 23.0 Å². The number of carboxylic acids is 1. The summed E-state index contributed by atoms with van der Waals surface area (Å²) in [7, 11) is 7.85. The second-order valence-corrected chi connectivity index (χ2v) is 21.7. The topological polar surface area (TPSA) is 274 Å². The molecule has 0 bridgehead atoms. The fourth-order valence-electron chi connectivity index (χ4n) is 9.76. The molecule has 1 atom stereocenters. The summed E-state index contributed by atoms with van der Waals surface area (Å²) in [6, 6.07) is 19.4. The number of nitrogens with zero attached hydrogens (tertiary/aromatic N) is 9. The maximum Gasteiger partial charge on any atom is 0.416 e. The van der Waals surface area contributed by atoms with Gasteiger partial charge in [0.2, 0.25) is 5.91 Å². The first-order chi connectivity index (χ1) is 42.6. The number of carboxylic acid groups (broad SMARTS) is 1. The molecule has 3 amide bonds. The number of ether oxygens (including phenoxy) is 2. The summed E-state index contributed by atoms with van der Waals surface area (Å²) < 4.78 is 89.9. The number of benzene rings is 2. The summed E-state index contributed by atoms with van der Waals surface area (Å²) in [5.74, 6) is 1.00. The van der Waals surface area contributed by atoms with Crippen molar-refractivity contribution < 1.29 is 60.1 Å². The Labute approximate surface area is 508 Å². The highest BCUT2D eigenvalue weighted by Crippen LogP contribution is 2.37. The predicted molar refractivity (Wildman–Crippen MR) is 322 cm³/mol. The van der Waals surface area contributed by atoms with Crippen molar-refractivity contribution in [1.29, 1.82) is 0 Å². The Morgan fingerprint density at radius 3 is 1.47 bits per heavy atom. The molecular formula is C61H69F6N15O7. The van der Waals surface area contributed by atoms with Gasteiger partial charge in [-0.25, -0.2) is 19.9 Å². The van der Waals surface area contributed by atoms with Crippen molar-refractivity contribution in [1.82, 2.24) is 55.0 Å². The molecule has 7 heterocycles. The van der Waals surface area contributed by atoms with E-state index in [-0.39, 0.29) is 41.1 Å². The molecule has 10 rings (SSSR count). The third-order valence-electron chi connectivity index (χ3n) is 14.2.